The number of aromatic nitrogens is 4. The van der Waals surface area contributed by atoms with Crippen molar-refractivity contribution in [2.45, 2.75) is 58.3 Å². The van der Waals surface area contributed by atoms with E-state index in [2.05, 4.69) is 25.3 Å². The molecule has 3 heterocycles. The first-order valence-corrected chi connectivity index (χ1v) is 10.4. The van der Waals surface area contributed by atoms with Crippen molar-refractivity contribution in [2.24, 2.45) is 10.7 Å². The van der Waals surface area contributed by atoms with Crippen LogP contribution in [-0.2, 0) is 6.61 Å². The van der Waals surface area contributed by atoms with E-state index in [1.807, 2.05) is 26.0 Å². The standard InChI is InChI=1S/C22H26N6O3/c1-13-6-7-15(11-24-13)21-18(14(2)31-28-21)12-30-20-9-8-19(26-27-20)22(23)25-16-4-3-5-17(29)10-16/h6-9,11,16-17,29H,3-5,10,12H2,1-2H3,(H2,23,25). The highest BCUT2D eigenvalue weighted by molar-refractivity contribution is 5.95. The Morgan fingerprint density at radius 3 is 2.81 bits per heavy atom. The molecule has 0 spiro atoms. The van der Waals surface area contributed by atoms with Crippen LogP contribution in [0.1, 0.15) is 48.4 Å². The van der Waals surface area contributed by atoms with Crippen LogP contribution >= 0.6 is 0 Å². The van der Waals surface area contributed by atoms with Crippen molar-refractivity contribution in [3.8, 4) is 17.1 Å². The van der Waals surface area contributed by atoms with E-state index >= 15 is 0 Å². The van der Waals surface area contributed by atoms with Gasteiger partial charge in [-0.2, -0.15) is 0 Å². The lowest BCUT2D eigenvalue weighted by molar-refractivity contribution is 0.121. The average Bonchev–Trinajstić information content (AvgIpc) is 3.13. The number of aliphatic imine (C=N–C) groups is 1. The van der Waals surface area contributed by atoms with Gasteiger partial charge in [0.25, 0.3) is 0 Å². The zero-order chi connectivity index (χ0) is 21.8. The molecule has 0 amide bonds. The average molecular weight is 422 g/mol. The van der Waals surface area contributed by atoms with E-state index in [9.17, 15) is 5.11 Å². The molecule has 0 saturated heterocycles. The lowest BCUT2D eigenvalue weighted by atomic mass is 9.93. The van der Waals surface area contributed by atoms with E-state index in [4.69, 9.17) is 15.0 Å². The molecule has 1 fully saturated rings. The second-order valence-electron chi connectivity index (χ2n) is 7.79. The van der Waals surface area contributed by atoms with Gasteiger partial charge in [-0.05, 0) is 57.7 Å². The summed E-state index contributed by atoms with van der Waals surface area (Å²) in [6.07, 6.45) is 4.78. The third kappa shape index (κ3) is 5.05. The summed E-state index contributed by atoms with van der Waals surface area (Å²) in [5.74, 6) is 1.35. The number of pyridine rings is 1. The number of nitrogens with zero attached hydrogens (tertiary/aromatic N) is 5. The van der Waals surface area contributed by atoms with E-state index in [1.54, 1.807) is 18.3 Å². The summed E-state index contributed by atoms with van der Waals surface area (Å²) in [7, 11) is 0. The Balaban J connectivity index is 1.42. The Labute approximate surface area is 180 Å². The largest absolute Gasteiger partial charge is 0.472 e. The lowest BCUT2D eigenvalue weighted by Gasteiger charge is -2.22. The van der Waals surface area contributed by atoms with Crippen LogP contribution in [0.5, 0.6) is 5.88 Å². The molecular formula is C22H26N6O3. The normalized spacial score (nSPS) is 19.4. The van der Waals surface area contributed by atoms with Crippen LogP contribution in [0, 0.1) is 13.8 Å². The van der Waals surface area contributed by atoms with Gasteiger partial charge in [0.15, 0.2) is 0 Å². The molecule has 1 saturated carbocycles. The Morgan fingerprint density at radius 2 is 2.10 bits per heavy atom. The number of rotatable bonds is 6. The molecule has 3 aromatic heterocycles. The van der Waals surface area contributed by atoms with E-state index in [0.717, 1.165) is 36.1 Å². The number of ether oxygens (including phenoxy) is 1. The minimum atomic E-state index is -0.307. The van der Waals surface area contributed by atoms with Crippen molar-refractivity contribution in [1.82, 2.24) is 20.3 Å². The molecule has 0 radical (unpaired) electrons. The molecule has 1 aliphatic carbocycles. The Bertz CT molecular complexity index is 1050. The van der Waals surface area contributed by atoms with Crippen LogP contribution in [-0.4, -0.2) is 43.4 Å². The predicted octanol–water partition coefficient (Wildman–Crippen LogP) is 2.73. The van der Waals surface area contributed by atoms with Crippen LogP contribution in [0.15, 0.2) is 40.0 Å². The van der Waals surface area contributed by atoms with Gasteiger partial charge in [-0.1, -0.05) is 5.16 Å². The molecule has 3 aromatic rings. The molecule has 31 heavy (non-hydrogen) atoms. The van der Waals surface area contributed by atoms with Gasteiger partial charge in [0, 0.05) is 23.5 Å². The zero-order valence-electron chi connectivity index (χ0n) is 17.7. The SMILES string of the molecule is Cc1ccc(-c2noc(C)c2COc2ccc(C(N)=NC3CCCC(O)C3)nn2)cn1. The first kappa shape index (κ1) is 20.9. The fourth-order valence-corrected chi connectivity index (χ4v) is 3.59. The van der Waals surface area contributed by atoms with Gasteiger partial charge in [-0.3, -0.25) is 9.98 Å². The highest BCUT2D eigenvalue weighted by Crippen LogP contribution is 2.26. The lowest BCUT2D eigenvalue weighted by Crippen LogP contribution is -2.26. The molecular weight excluding hydrogens is 396 g/mol. The van der Waals surface area contributed by atoms with Crippen molar-refractivity contribution in [1.29, 1.82) is 0 Å². The van der Waals surface area contributed by atoms with Crippen LogP contribution in [0.2, 0.25) is 0 Å². The number of hydrogen-bond acceptors (Lipinski definition) is 8. The van der Waals surface area contributed by atoms with Crippen LogP contribution in [0.3, 0.4) is 0 Å². The van der Waals surface area contributed by atoms with Crippen LogP contribution < -0.4 is 10.5 Å². The highest BCUT2D eigenvalue weighted by Gasteiger charge is 2.20. The number of amidine groups is 1. The number of aryl methyl sites for hydroxylation is 2. The molecule has 0 aliphatic heterocycles. The summed E-state index contributed by atoms with van der Waals surface area (Å²) in [4.78, 5) is 8.81. The summed E-state index contributed by atoms with van der Waals surface area (Å²) in [5.41, 5.74) is 9.88. The van der Waals surface area contributed by atoms with Gasteiger partial charge < -0.3 is 20.1 Å². The third-order valence-electron chi connectivity index (χ3n) is 5.38. The molecule has 2 unspecified atom stereocenters. The second kappa shape index (κ2) is 9.22. The molecule has 9 nitrogen and oxygen atoms in total. The van der Waals surface area contributed by atoms with Crippen molar-refractivity contribution < 1.29 is 14.4 Å². The number of hydrogen-bond donors (Lipinski definition) is 2. The summed E-state index contributed by atoms with van der Waals surface area (Å²) >= 11 is 0. The van der Waals surface area contributed by atoms with Crippen molar-refractivity contribution in [2.75, 3.05) is 0 Å². The van der Waals surface area contributed by atoms with Crippen molar-refractivity contribution in [3.63, 3.8) is 0 Å². The summed E-state index contributed by atoms with van der Waals surface area (Å²) in [5, 5.41) is 22.2. The van der Waals surface area contributed by atoms with E-state index < -0.39 is 0 Å². The van der Waals surface area contributed by atoms with Gasteiger partial charge in [0.1, 0.15) is 29.6 Å². The Hall–Kier alpha value is -3.33. The minimum absolute atomic E-state index is 0.0210. The van der Waals surface area contributed by atoms with Crippen molar-refractivity contribution in [3.05, 3.63) is 53.2 Å². The monoisotopic (exact) mass is 422 g/mol. The predicted molar refractivity (Wildman–Crippen MR) is 115 cm³/mol. The number of nitrogens with two attached hydrogens (primary N) is 1. The maximum Gasteiger partial charge on any atom is 0.233 e. The molecule has 162 valence electrons. The first-order valence-electron chi connectivity index (χ1n) is 10.4. The third-order valence-corrected chi connectivity index (χ3v) is 5.38. The van der Waals surface area contributed by atoms with Crippen LogP contribution in [0.4, 0.5) is 0 Å². The minimum Gasteiger partial charge on any atom is -0.472 e. The van der Waals surface area contributed by atoms with Gasteiger partial charge in [0.2, 0.25) is 5.88 Å². The van der Waals surface area contributed by atoms with E-state index in [1.165, 1.54) is 0 Å². The molecule has 2 atom stereocenters. The molecule has 4 rings (SSSR count). The maximum atomic E-state index is 9.79. The van der Waals surface area contributed by atoms with Gasteiger partial charge in [-0.25, -0.2) is 0 Å². The zero-order valence-corrected chi connectivity index (χ0v) is 17.7. The summed E-state index contributed by atoms with van der Waals surface area (Å²) < 4.78 is 11.2. The molecule has 0 bridgehead atoms. The molecule has 1 aliphatic rings. The smallest absolute Gasteiger partial charge is 0.233 e. The number of aliphatic hydroxyl groups excluding tert-OH is 1. The molecule has 3 N–H and O–H groups in total. The van der Waals surface area contributed by atoms with Crippen molar-refractivity contribution >= 4 is 5.84 Å². The quantitative estimate of drug-likeness (QED) is 0.458. The first-order chi connectivity index (χ1) is 15.0. The van der Waals surface area contributed by atoms with E-state index in [0.29, 0.717) is 35.3 Å². The van der Waals surface area contributed by atoms with Gasteiger partial charge >= 0.3 is 0 Å². The molecule has 9 heteroatoms. The van der Waals surface area contributed by atoms with Crippen LogP contribution in [0.25, 0.3) is 11.3 Å². The van der Waals surface area contributed by atoms with E-state index in [-0.39, 0.29) is 18.8 Å². The summed E-state index contributed by atoms with van der Waals surface area (Å²) in [6, 6.07) is 7.33. The number of aliphatic hydroxyl groups is 1. The fourth-order valence-electron chi connectivity index (χ4n) is 3.59. The fraction of sp³-hybridized carbons (Fsp3) is 0.409. The highest BCUT2D eigenvalue weighted by atomic mass is 16.5. The Kier molecular flexibility index (Phi) is 6.22. The Morgan fingerprint density at radius 1 is 1.23 bits per heavy atom. The van der Waals surface area contributed by atoms with Gasteiger partial charge in [0.05, 0.1) is 17.7 Å². The molecule has 0 aromatic carbocycles. The maximum absolute atomic E-state index is 9.79. The topological polar surface area (TPSA) is 133 Å². The van der Waals surface area contributed by atoms with Gasteiger partial charge in [-0.15, -0.1) is 10.2 Å². The summed E-state index contributed by atoms with van der Waals surface area (Å²) in [6.45, 7) is 4.00. The second-order valence-corrected chi connectivity index (χ2v) is 7.79.